The molecule has 0 aliphatic rings. The summed E-state index contributed by atoms with van der Waals surface area (Å²) in [4.78, 5) is 0. The molecule has 0 saturated heterocycles. The largest absolute Gasteiger partial charge is 0.494 e. The molecule has 0 saturated carbocycles. The highest BCUT2D eigenvalue weighted by Crippen LogP contribution is 2.12. The van der Waals surface area contributed by atoms with Crippen LogP contribution in [0.5, 0.6) is 5.75 Å². The molecule has 0 atom stereocenters. The maximum Gasteiger partial charge on any atom is 0.119 e. The molecule has 2 nitrogen and oxygen atoms in total. The van der Waals surface area contributed by atoms with E-state index in [4.69, 9.17) is 4.74 Å². The SMILES string of the molecule is CCCCOc1ccc(CCNC)cc1. The molecule has 1 aromatic rings. The molecule has 1 N–H and O–H groups in total. The van der Waals surface area contributed by atoms with Gasteiger partial charge in [0.05, 0.1) is 6.61 Å². The van der Waals surface area contributed by atoms with Crippen LogP contribution < -0.4 is 10.1 Å². The lowest BCUT2D eigenvalue weighted by atomic mass is 10.1. The van der Waals surface area contributed by atoms with Crippen molar-refractivity contribution >= 4 is 0 Å². The highest BCUT2D eigenvalue weighted by molar-refractivity contribution is 5.27. The lowest BCUT2D eigenvalue weighted by Gasteiger charge is -2.06. The van der Waals surface area contributed by atoms with Gasteiger partial charge in [0.25, 0.3) is 0 Å². The molecule has 0 bridgehead atoms. The van der Waals surface area contributed by atoms with Crippen molar-refractivity contribution in [3.8, 4) is 5.75 Å². The van der Waals surface area contributed by atoms with Crippen LogP contribution in [0, 0.1) is 0 Å². The molecule has 0 aromatic heterocycles. The summed E-state index contributed by atoms with van der Waals surface area (Å²) in [6.45, 7) is 4.02. The second-order valence-electron chi connectivity index (χ2n) is 3.70. The van der Waals surface area contributed by atoms with E-state index in [0.29, 0.717) is 0 Å². The Hall–Kier alpha value is -1.02. The Labute approximate surface area is 92.6 Å². The fraction of sp³-hybridized carbons (Fsp3) is 0.538. The van der Waals surface area contributed by atoms with E-state index in [2.05, 4.69) is 36.5 Å². The third kappa shape index (κ3) is 4.84. The van der Waals surface area contributed by atoms with Crippen molar-refractivity contribution < 1.29 is 4.74 Å². The standard InChI is InChI=1S/C13H21NO/c1-3-4-11-15-13-7-5-12(6-8-13)9-10-14-2/h5-8,14H,3-4,9-11H2,1-2H3. The van der Waals surface area contributed by atoms with E-state index in [0.717, 1.165) is 31.7 Å². The molecule has 0 amide bonds. The van der Waals surface area contributed by atoms with Crippen LogP contribution in [0.4, 0.5) is 0 Å². The quantitative estimate of drug-likeness (QED) is 0.694. The molecular weight excluding hydrogens is 186 g/mol. The van der Waals surface area contributed by atoms with Gasteiger partial charge in [0.15, 0.2) is 0 Å². The van der Waals surface area contributed by atoms with E-state index >= 15 is 0 Å². The smallest absolute Gasteiger partial charge is 0.119 e. The van der Waals surface area contributed by atoms with Crippen molar-refractivity contribution in [2.24, 2.45) is 0 Å². The van der Waals surface area contributed by atoms with E-state index in [1.807, 2.05) is 7.05 Å². The third-order valence-electron chi connectivity index (χ3n) is 2.35. The maximum atomic E-state index is 5.59. The van der Waals surface area contributed by atoms with Crippen molar-refractivity contribution in [2.45, 2.75) is 26.2 Å². The topological polar surface area (TPSA) is 21.3 Å². The normalized spacial score (nSPS) is 10.3. The summed E-state index contributed by atoms with van der Waals surface area (Å²) in [5.74, 6) is 0.983. The Morgan fingerprint density at radius 1 is 1.20 bits per heavy atom. The summed E-state index contributed by atoms with van der Waals surface area (Å²) in [6.07, 6.45) is 3.38. The first kappa shape index (κ1) is 12.1. The summed E-state index contributed by atoms with van der Waals surface area (Å²) < 4.78 is 5.59. The molecule has 0 aliphatic heterocycles. The molecule has 2 heteroatoms. The van der Waals surface area contributed by atoms with Crippen molar-refractivity contribution in [1.82, 2.24) is 5.32 Å². The van der Waals surface area contributed by atoms with Gasteiger partial charge in [0.2, 0.25) is 0 Å². The molecule has 84 valence electrons. The highest BCUT2D eigenvalue weighted by Gasteiger charge is 1.95. The predicted octanol–water partition coefficient (Wildman–Crippen LogP) is 2.63. The van der Waals surface area contributed by atoms with Crippen molar-refractivity contribution in [2.75, 3.05) is 20.2 Å². The van der Waals surface area contributed by atoms with Gasteiger partial charge in [-0.05, 0) is 44.1 Å². The van der Waals surface area contributed by atoms with Crippen LogP contribution in [0.3, 0.4) is 0 Å². The van der Waals surface area contributed by atoms with Crippen LogP contribution in [0.2, 0.25) is 0 Å². The number of benzene rings is 1. The summed E-state index contributed by atoms with van der Waals surface area (Å²) in [6, 6.07) is 8.39. The van der Waals surface area contributed by atoms with Crippen LogP contribution in [0.15, 0.2) is 24.3 Å². The number of hydrogen-bond acceptors (Lipinski definition) is 2. The Kier molecular flexibility index (Phi) is 5.86. The fourth-order valence-corrected chi connectivity index (χ4v) is 1.36. The number of hydrogen-bond donors (Lipinski definition) is 1. The van der Waals surface area contributed by atoms with Gasteiger partial charge in [0, 0.05) is 0 Å². The second kappa shape index (κ2) is 7.30. The van der Waals surface area contributed by atoms with E-state index in [-0.39, 0.29) is 0 Å². The van der Waals surface area contributed by atoms with E-state index in [1.165, 1.54) is 12.0 Å². The lowest BCUT2D eigenvalue weighted by molar-refractivity contribution is 0.309. The molecule has 1 rings (SSSR count). The second-order valence-corrected chi connectivity index (χ2v) is 3.70. The first-order chi connectivity index (χ1) is 7.36. The summed E-state index contributed by atoms with van der Waals surface area (Å²) in [7, 11) is 1.97. The van der Waals surface area contributed by atoms with Crippen LogP contribution in [0.25, 0.3) is 0 Å². The molecule has 1 aromatic carbocycles. The van der Waals surface area contributed by atoms with Crippen LogP contribution in [-0.4, -0.2) is 20.2 Å². The zero-order valence-electron chi connectivity index (χ0n) is 9.75. The molecule has 15 heavy (non-hydrogen) atoms. The predicted molar refractivity (Wildman–Crippen MR) is 64.5 cm³/mol. The molecule has 0 radical (unpaired) electrons. The zero-order chi connectivity index (χ0) is 10.9. The zero-order valence-corrected chi connectivity index (χ0v) is 9.75. The van der Waals surface area contributed by atoms with Crippen molar-refractivity contribution in [3.63, 3.8) is 0 Å². The van der Waals surface area contributed by atoms with Gasteiger partial charge in [0.1, 0.15) is 5.75 Å². The average molecular weight is 207 g/mol. The monoisotopic (exact) mass is 207 g/mol. The van der Waals surface area contributed by atoms with Gasteiger partial charge < -0.3 is 10.1 Å². The number of nitrogens with one attached hydrogen (secondary N) is 1. The van der Waals surface area contributed by atoms with Gasteiger partial charge in [-0.15, -0.1) is 0 Å². The Bertz CT molecular complexity index is 256. The van der Waals surface area contributed by atoms with Crippen molar-refractivity contribution in [3.05, 3.63) is 29.8 Å². The van der Waals surface area contributed by atoms with Gasteiger partial charge in [-0.1, -0.05) is 25.5 Å². The molecular formula is C13H21NO. The molecule has 0 fully saturated rings. The van der Waals surface area contributed by atoms with Gasteiger partial charge in [-0.25, -0.2) is 0 Å². The van der Waals surface area contributed by atoms with Gasteiger partial charge in [-0.2, -0.15) is 0 Å². The minimum absolute atomic E-state index is 0.826. The van der Waals surface area contributed by atoms with E-state index < -0.39 is 0 Å². The lowest BCUT2D eigenvalue weighted by Crippen LogP contribution is -2.10. The minimum atomic E-state index is 0.826. The maximum absolute atomic E-state index is 5.59. The van der Waals surface area contributed by atoms with E-state index in [1.54, 1.807) is 0 Å². The molecule has 0 spiro atoms. The number of unbranched alkanes of at least 4 members (excludes halogenated alkanes) is 1. The highest BCUT2D eigenvalue weighted by atomic mass is 16.5. The molecule has 0 heterocycles. The number of ether oxygens (including phenoxy) is 1. The molecule has 0 unspecified atom stereocenters. The summed E-state index contributed by atoms with van der Waals surface area (Å²) >= 11 is 0. The Balaban J connectivity index is 2.35. The Morgan fingerprint density at radius 3 is 2.53 bits per heavy atom. The average Bonchev–Trinajstić information content (AvgIpc) is 2.28. The molecule has 0 aliphatic carbocycles. The first-order valence-corrected chi connectivity index (χ1v) is 5.73. The number of likely N-dealkylation sites (N-methyl/N-ethyl adjacent to an activating group) is 1. The third-order valence-corrected chi connectivity index (χ3v) is 2.35. The van der Waals surface area contributed by atoms with Crippen molar-refractivity contribution in [1.29, 1.82) is 0 Å². The van der Waals surface area contributed by atoms with Gasteiger partial charge in [-0.3, -0.25) is 0 Å². The number of rotatable bonds is 7. The Morgan fingerprint density at radius 2 is 1.93 bits per heavy atom. The fourth-order valence-electron chi connectivity index (χ4n) is 1.36. The first-order valence-electron chi connectivity index (χ1n) is 5.73. The van der Waals surface area contributed by atoms with Crippen LogP contribution >= 0.6 is 0 Å². The summed E-state index contributed by atoms with van der Waals surface area (Å²) in [5, 5.41) is 3.14. The van der Waals surface area contributed by atoms with Gasteiger partial charge >= 0.3 is 0 Å². The van der Waals surface area contributed by atoms with Crippen LogP contribution in [-0.2, 0) is 6.42 Å². The van der Waals surface area contributed by atoms with Crippen LogP contribution in [0.1, 0.15) is 25.3 Å². The van der Waals surface area contributed by atoms with E-state index in [9.17, 15) is 0 Å². The minimum Gasteiger partial charge on any atom is -0.494 e. The summed E-state index contributed by atoms with van der Waals surface area (Å²) in [5.41, 5.74) is 1.35.